The molecule has 2 amide bonds. The van der Waals surface area contributed by atoms with E-state index < -0.39 is 24.0 Å². The Balaban J connectivity index is 1.85. The van der Waals surface area contributed by atoms with E-state index in [1.165, 1.54) is 18.2 Å². The Morgan fingerprint density at radius 2 is 1.53 bits per heavy atom. The number of carbonyl (C=O) groups is 3. The summed E-state index contributed by atoms with van der Waals surface area (Å²) in [6.45, 7) is 7.88. The fourth-order valence-corrected chi connectivity index (χ4v) is 4.80. The maximum Gasteiger partial charge on any atom is 0.338 e. The van der Waals surface area contributed by atoms with Gasteiger partial charge in [-0.1, -0.05) is 55.8 Å². The molecule has 9 nitrogen and oxygen atoms in total. The number of nitrogens with two attached hydrogens (primary N) is 2. The molecule has 0 radical (unpaired) electrons. The maximum atomic E-state index is 13.5. The molecule has 3 rings (SSSR count). The Labute approximate surface area is 254 Å². The van der Waals surface area contributed by atoms with Gasteiger partial charge in [0.2, 0.25) is 5.91 Å². The first-order valence-corrected chi connectivity index (χ1v) is 14.7. The van der Waals surface area contributed by atoms with Gasteiger partial charge in [0.05, 0.1) is 12.7 Å². The number of nitrogens with zero attached hydrogens (tertiary/aromatic N) is 1. The van der Waals surface area contributed by atoms with Crippen LogP contribution in [0.3, 0.4) is 0 Å². The summed E-state index contributed by atoms with van der Waals surface area (Å²) >= 11 is 0. The van der Waals surface area contributed by atoms with Gasteiger partial charge in [-0.3, -0.25) is 9.59 Å². The fraction of sp³-hybridized carbons (Fsp3) is 0.382. The standard InChI is InChI=1S/C34H44N4O5/c1-5-14-38(15-6-2)33(40)27-18-26(32(36)39)19-28(20-27)34(41)43-31(30(35)17-24-12-10-23(3)11-13-24)22-37-21-25-8-7-9-29(16-25)42-4/h7-13,16,18-20,30-31,37H,5-6,14-15,17,21-22,35H2,1-4H3,(H2,36,39)/t30-,31+/m0/s1. The Bertz CT molecular complexity index is 1370. The lowest BCUT2D eigenvalue weighted by molar-refractivity contribution is 0.0238. The average molecular weight is 589 g/mol. The predicted molar refractivity (Wildman–Crippen MR) is 168 cm³/mol. The van der Waals surface area contributed by atoms with E-state index in [4.69, 9.17) is 20.9 Å². The lowest BCUT2D eigenvalue weighted by Crippen LogP contribution is -2.46. The topological polar surface area (TPSA) is 137 Å². The van der Waals surface area contributed by atoms with E-state index in [-0.39, 0.29) is 29.1 Å². The van der Waals surface area contributed by atoms with Gasteiger partial charge < -0.3 is 31.2 Å². The van der Waals surface area contributed by atoms with Crippen molar-refractivity contribution in [3.63, 3.8) is 0 Å². The number of benzene rings is 3. The third kappa shape index (κ3) is 9.94. The molecule has 5 N–H and O–H groups in total. The summed E-state index contributed by atoms with van der Waals surface area (Å²) in [5, 5.41) is 3.34. The predicted octanol–water partition coefficient (Wildman–Crippen LogP) is 4.25. The highest BCUT2D eigenvalue weighted by Gasteiger charge is 2.25. The summed E-state index contributed by atoms with van der Waals surface area (Å²) in [4.78, 5) is 40.7. The second kappa shape index (κ2) is 16.4. The second-order valence-electron chi connectivity index (χ2n) is 10.7. The Hall–Kier alpha value is -4.21. The lowest BCUT2D eigenvalue weighted by Gasteiger charge is -2.25. The van der Waals surface area contributed by atoms with Crippen LogP contribution in [-0.2, 0) is 17.7 Å². The van der Waals surface area contributed by atoms with Crippen LogP contribution >= 0.6 is 0 Å². The summed E-state index contributed by atoms with van der Waals surface area (Å²) < 4.78 is 11.3. The fourth-order valence-electron chi connectivity index (χ4n) is 4.80. The van der Waals surface area contributed by atoms with Gasteiger partial charge in [-0.25, -0.2) is 4.79 Å². The SMILES string of the molecule is CCCN(CCC)C(=O)c1cc(C(N)=O)cc(C(=O)O[C@H](CNCc2cccc(OC)c2)[C@@H](N)Cc2ccc(C)cc2)c1. The smallest absolute Gasteiger partial charge is 0.338 e. The minimum atomic E-state index is -0.742. The molecule has 0 spiro atoms. The number of hydrogen-bond acceptors (Lipinski definition) is 7. The van der Waals surface area contributed by atoms with Crippen LogP contribution in [0, 0.1) is 6.92 Å². The van der Waals surface area contributed by atoms with Crippen LogP contribution in [0.2, 0.25) is 0 Å². The zero-order valence-corrected chi connectivity index (χ0v) is 25.6. The highest BCUT2D eigenvalue weighted by molar-refractivity contribution is 6.03. The molecule has 3 aromatic carbocycles. The highest BCUT2D eigenvalue weighted by atomic mass is 16.5. The Morgan fingerprint density at radius 1 is 0.884 bits per heavy atom. The van der Waals surface area contributed by atoms with Gasteiger partial charge in [0, 0.05) is 43.3 Å². The summed E-state index contributed by atoms with van der Waals surface area (Å²) in [7, 11) is 1.61. The number of rotatable bonds is 16. The van der Waals surface area contributed by atoms with Crippen molar-refractivity contribution in [2.45, 2.75) is 58.7 Å². The van der Waals surface area contributed by atoms with Crippen LogP contribution in [0.5, 0.6) is 5.75 Å². The zero-order valence-electron chi connectivity index (χ0n) is 25.6. The van der Waals surface area contributed by atoms with Crippen molar-refractivity contribution in [1.29, 1.82) is 0 Å². The molecule has 0 saturated carbocycles. The number of primary amides is 1. The molecule has 0 aliphatic heterocycles. The molecule has 230 valence electrons. The number of esters is 1. The molecule has 0 aromatic heterocycles. The van der Waals surface area contributed by atoms with Crippen molar-refractivity contribution in [2.24, 2.45) is 11.5 Å². The summed E-state index contributed by atoms with van der Waals surface area (Å²) in [6, 6.07) is 19.4. The van der Waals surface area contributed by atoms with Crippen molar-refractivity contribution < 1.29 is 23.9 Å². The van der Waals surface area contributed by atoms with Crippen molar-refractivity contribution in [3.05, 3.63) is 100 Å². The molecular formula is C34H44N4O5. The first kappa shape index (κ1) is 33.3. The minimum absolute atomic E-state index is 0.0578. The molecule has 0 aliphatic rings. The molecule has 2 atom stereocenters. The average Bonchev–Trinajstić information content (AvgIpc) is 3.00. The zero-order chi connectivity index (χ0) is 31.4. The number of ether oxygens (including phenoxy) is 2. The van der Waals surface area contributed by atoms with Crippen molar-refractivity contribution >= 4 is 17.8 Å². The molecule has 43 heavy (non-hydrogen) atoms. The van der Waals surface area contributed by atoms with Gasteiger partial charge in [-0.05, 0) is 67.6 Å². The molecule has 3 aromatic rings. The maximum absolute atomic E-state index is 13.5. The highest BCUT2D eigenvalue weighted by Crippen LogP contribution is 2.18. The molecule has 0 aliphatic carbocycles. The number of nitrogens with one attached hydrogen (secondary N) is 1. The number of hydrogen-bond donors (Lipinski definition) is 3. The number of carbonyl (C=O) groups excluding carboxylic acids is 3. The van der Waals surface area contributed by atoms with E-state index in [2.05, 4.69) is 5.32 Å². The van der Waals surface area contributed by atoms with Gasteiger partial charge in [-0.15, -0.1) is 0 Å². The van der Waals surface area contributed by atoms with Gasteiger partial charge in [0.15, 0.2) is 0 Å². The first-order valence-electron chi connectivity index (χ1n) is 14.7. The number of amides is 2. The van der Waals surface area contributed by atoms with Crippen LogP contribution in [0.15, 0.2) is 66.7 Å². The largest absolute Gasteiger partial charge is 0.497 e. The number of aryl methyl sites for hydroxylation is 1. The number of methoxy groups -OCH3 is 1. The molecule has 0 heterocycles. The normalized spacial score (nSPS) is 12.3. The van der Waals surface area contributed by atoms with E-state index in [0.717, 1.165) is 35.3 Å². The van der Waals surface area contributed by atoms with Crippen molar-refractivity contribution in [3.8, 4) is 5.75 Å². The monoisotopic (exact) mass is 588 g/mol. The molecule has 0 fully saturated rings. The van der Waals surface area contributed by atoms with Crippen LogP contribution in [0.25, 0.3) is 0 Å². The molecule has 0 saturated heterocycles. The summed E-state index contributed by atoms with van der Waals surface area (Å²) in [5.41, 5.74) is 15.7. The van der Waals surface area contributed by atoms with Crippen LogP contribution in [0.4, 0.5) is 0 Å². The third-order valence-corrected chi connectivity index (χ3v) is 7.11. The summed E-state index contributed by atoms with van der Waals surface area (Å²) in [6.07, 6.45) is 1.32. The van der Waals surface area contributed by atoms with E-state index in [0.29, 0.717) is 26.1 Å². The first-order chi connectivity index (χ1) is 20.6. The minimum Gasteiger partial charge on any atom is -0.497 e. The van der Waals surface area contributed by atoms with Crippen molar-refractivity contribution in [1.82, 2.24) is 10.2 Å². The second-order valence-corrected chi connectivity index (χ2v) is 10.7. The van der Waals surface area contributed by atoms with Gasteiger partial charge >= 0.3 is 5.97 Å². The quantitative estimate of drug-likeness (QED) is 0.213. The van der Waals surface area contributed by atoms with Gasteiger partial charge in [0.1, 0.15) is 11.9 Å². The molecular weight excluding hydrogens is 544 g/mol. The third-order valence-electron chi connectivity index (χ3n) is 7.11. The molecule has 0 unspecified atom stereocenters. The van der Waals surface area contributed by atoms with Gasteiger partial charge in [-0.2, -0.15) is 0 Å². The van der Waals surface area contributed by atoms with E-state index in [9.17, 15) is 14.4 Å². The Kier molecular flexibility index (Phi) is 12.7. The molecule has 9 heteroatoms. The van der Waals surface area contributed by atoms with Gasteiger partial charge in [0.25, 0.3) is 5.91 Å². The van der Waals surface area contributed by atoms with E-state index in [1.54, 1.807) is 12.0 Å². The van der Waals surface area contributed by atoms with Crippen LogP contribution in [0.1, 0.15) is 74.5 Å². The lowest BCUT2D eigenvalue weighted by atomic mass is 10.0. The van der Waals surface area contributed by atoms with E-state index >= 15 is 0 Å². The molecule has 0 bridgehead atoms. The van der Waals surface area contributed by atoms with Crippen LogP contribution in [-0.4, -0.2) is 61.6 Å². The summed E-state index contributed by atoms with van der Waals surface area (Å²) in [5.74, 6) is -0.959. The van der Waals surface area contributed by atoms with E-state index in [1.807, 2.05) is 69.3 Å². The van der Waals surface area contributed by atoms with Crippen LogP contribution < -0.4 is 21.5 Å². The van der Waals surface area contributed by atoms with Crippen molar-refractivity contribution in [2.75, 3.05) is 26.7 Å². The Morgan fingerprint density at radius 3 is 2.16 bits per heavy atom.